The van der Waals surface area contributed by atoms with Gasteiger partial charge in [-0.25, -0.2) is 9.97 Å². The van der Waals surface area contributed by atoms with Gasteiger partial charge < -0.3 is 20.4 Å². The number of rotatable bonds is 3. The molecule has 0 saturated carbocycles. The number of aromatic nitrogens is 3. The fraction of sp³-hybridized carbons (Fsp3) is 0.368. The van der Waals surface area contributed by atoms with Crippen LogP contribution in [0.2, 0.25) is 0 Å². The number of nitrogens with zero attached hydrogens (tertiary/aromatic N) is 4. The van der Waals surface area contributed by atoms with Crippen molar-refractivity contribution in [3.63, 3.8) is 0 Å². The van der Waals surface area contributed by atoms with Gasteiger partial charge in [0, 0.05) is 25.0 Å². The lowest BCUT2D eigenvalue weighted by Gasteiger charge is -2.23. The highest BCUT2D eigenvalue weighted by molar-refractivity contribution is 5.99. The van der Waals surface area contributed by atoms with Crippen LogP contribution in [0.15, 0.2) is 35.2 Å². The van der Waals surface area contributed by atoms with E-state index in [2.05, 4.69) is 15.3 Å². The van der Waals surface area contributed by atoms with Crippen molar-refractivity contribution >= 4 is 29.9 Å². The molecule has 0 bridgehead atoms. The van der Waals surface area contributed by atoms with Crippen molar-refractivity contribution in [3.05, 3.63) is 42.2 Å². The third kappa shape index (κ3) is 3.16. The summed E-state index contributed by atoms with van der Waals surface area (Å²) in [6.45, 7) is 3.36. The first-order valence-corrected chi connectivity index (χ1v) is 9.28. The predicted octanol–water partition coefficient (Wildman–Crippen LogP) is 1.34. The van der Waals surface area contributed by atoms with E-state index in [1.807, 2.05) is 4.90 Å². The Morgan fingerprint density at radius 1 is 1.31 bits per heavy atom. The highest BCUT2D eigenvalue weighted by atomic mass is 35.5. The number of imidazole rings is 1. The number of amides is 2. The van der Waals surface area contributed by atoms with Crippen LogP contribution in [0.3, 0.4) is 0 Å². The summed E-state index contributed by atoms with van der Waals surface area (Å²) < 4.78 is 6.97. The molecule has 2 aliphatic rings. The predicted molar refractivity (Wildman–Crippen MR) is 107 cm³/mol. The largest absolute Gasteiger partial charge is 0.463 e. The number of carbonyl (C=O) groups is 2. The monoisotopic (exact) mass is 416 g/mol. The fourth-order valence-corrected chi connectivity index (χ4v) is 4.27. The summed E-state index contributed by atoms with van der Waals surface area (Å²) in [5, 5.41) is 3.40. The highest BCUT2D eigenvalue weighted by Gasteiger charge is 2.42. The second-order valence-corrected chi connectivity index (χ2v) is 7.56. The van der Waals surface area contributed by atoms with Crippen molar-refractivity contribution < 1.29 is 14.0 Å². The van der Waals surface area contributed by atoms with Gasteiger partial charge in [-0.15, -0.1) is 12.4 Å². The van der Waals surface area contributed by atoms with Crippen LogP contribution in [0.25, 0.3) is 17.1 Å². The zero-order valence-electron chi connectivity index (χ0n) is 15.6. The second kappa shape index (κ2) is 7.16. The molecule has 1 atom stereocenters. The summed E-state index contributed by atoms with van der Waals surface area (Å²) in [6, 6.07) is 5.17. The number of likely N-dealkylation sites (tertiary alicyclic amines) is 1. The molecule has 0 aromatic carbocycles. The molecular formula is C19H21ClN6O3. The van der Waals surface area contributed by atoms with Gasteiger partial charge in [-0.1, -0.05) is 0 Å². The molecule has 29 heavy (non-hydrogen) atoms. The van der Waals surface area contributed by atoms with Crippen LogP contribution in [0.4, 0.5) is 0 Å². The van der Waals surface area contributed by atoms with Crippen molar-refractivity contribution in [2.24, 2.45) is 11.1 Å². The lowest BCUT2D eigenvalue weighted by molar-refractivity contribution is 0.0768. The molecule has 1 spiro atoms. The van der Waals surface area contributed by atoms with Gasteiger partial charge in [0.15, 0.2) is 17.1 Å². The second-order valence-electron chi connectivity index (χ2n) is 7.56. The van der Waals surface area contributed by atoms with Crippen molar-refractivity contribution in [2.75, 3.05) is 26.2 Å². The number of nitrogens with one attached hydrogen (secondary N) is 1. The van der Waals surface area contributed by atoms with E-state index in [0.29, 0.717) is 23.7 Å². The SMILES string of the molecule is Cl.NC(=O)c1ncn2c(C(=O)N3CCC4(CCNC4)C3)cc(-c3ccco3)nc12. The quantitative estimate of drug-likeness (QED) is 0.665. The summed E-state index contributed by atoms with van der Waals surface area (Å²) in [7, 11) is 0. The molecule has 2 amide bonds. The zero-order chi connectivity index (χ0) is 19.3. The molecule has 1 unspecified atom stereocenters. The van der Waals surface area contributed by atoms with Crippen molar-refractivity contribution in [1.82, 2.24) is 24.6 Å². The molecule has 152 valence electrons. The number of hydrogen-bond donors (Lipinski definition) is 2. The van der Waals surface area contributed by atoms with Gasteiger partial charge >= 0.3 is 0 Å². The van der Waals surface area contributed by atoms with E-state index in [-0.39, 0.29) is 35.1 Å². The zero-order valence-corrected chi connectivity index (χ0v) is 16.4. The Bertz CT molecular complexity index is 1070. The fourth-order valence-electron chi connectivity index (χ4n) is 4.27. The standard InChI is InChI=1S/C19H20N6O3.ClH/c20-16(26)15-17-23-12(14-2-1-7-28-14)8-13(25(17)11-22-15)18(27)24-6-4-19(10-24)3-5-21-9-19;/h1-2,7-8,11,21H,3-6,9-10H2,(H2,20,26);1H. The normalized spacial score (nSPS) is 21.0. The molecule has 9 nitrogen and oxygen atoms in total. The number of carbonyl (C=O) groups excluding carboxylic acids is 2. The first-order chi connectivity index (χ1) is 13.6. The van der Waals surface area contributed by atoms with Crippen molar-refractivity contribution in [3.8, 4) is 11.5 Å². The summed E-state index contributed by atoms with van der Waals surface area (Å²) in [5.41, 5.74) is 6.73. The Kier molecular flexibility index (Phi) is 4.79. The summed E-state index contributed by atoms with van der Waals surface area (Å²) in [6.07, 6.45) is 5.02. The van der Waals surface area contributed by atoms with E-state index in [1.165, 1.54) is 17.0 Å². The molecule has 2 fully saturated rings. The van der Waals surface area contributed by atoms with Crippen molar-refractivity contribution in [1.29, 1.82) is 0 Å². The van der Waals surface area contributed by atoms with E-state index < -0.39 is 5.91 Å². The van der Waals surface area contributed by atoms with E-state index in [4.69, 9.17) is 10.2 Å². The number of halogens is 1. The highest BCUT2D eigenvalue weighted by Crippen LogP contribution is 2.36. The third-order valence-corrected chi connectivity index (χ3v) is 5.79. The summed E-state index contributed by atoms with van der Waals surface area (Å²) in [5.74, 6) is -0.300. The van der Waals surface area contributed by atoms with Crippen LogP contribution in [-0.2, 0) is 0 Å². The molecule has 10 heteroatoms. The van der Waals surface area contributed by atoms with Gasteiger partial charge in [0.2, 0.25) is 0 Å². The topological polar surface area (TPSA) is 119 Å². The molecule has 5 rings (SSSR count). The number of furan rings is 1. The maximum absolute atomic E-state index is 13.4. The molecular weight excluding hydrogens is 396 g/mol. The molecule has 5 heterocycles. The van der Waals surface area contributed by atoms with E-state index in [0.717, 1.165) is 32.5 Å². The van der Waals surface area contributed by atoms with Crippen LogP contribution in [0.5, 0.6) is 0 Å². The molecule has 3 N–H and O–H groups in total. The van der Waals surface area contributed by atoms with Gasteiger partial charge in [-0.05, 0) is 37.6 Å². The van der Waals surface area contributed by atoms with Crippen LogP contribution < -0.4 is 11.1 Å². The number of fused-ring (bicyclic) bond motifs is 1. The Balaban J connectivity index is 0.00000205. The maximum atomic E-state index is 13.4. The van der Waals surface area contributed by atoms with Gasteiger partial charge in [0.25, 0.3) is 11.8 Å². The number of hydrogen-bond acceptors (Lipinski definition) is 6. The minimum atomic E-state index is -0.692. The first kappa shape index (κ1) is 19.4. The van der Waals surface area contributed by atoms with Gasteiger partial charge in [-0.2, -0.15) is 0 Å². The molecule has 2 aliphatic heterocycles. The van der Waals surface area contributed by atoms with Crippen LogP contribution in [-0.4, -0.2) is 57.3 Å². The molecule has 0 aliphatic carbocycles. The average molecular weight is 417 g/mol. The van der Waals surface area contributed by atoms with Gasteiger partial charge in [0.05, 0.1) is 6.26 Å². The average Bonchev–Trinajstić information content (AvgIpc) is 3.48. The Morgan fingerprint density at radius 3 is 2.86 bits per heavy atom. The Labute approximate surface area is 172 Å². The molecule has 3 aromatic rings. The lowest BCUT2D eigenvalue weighted by atomic mass is 9.86. The van der Waals surface area contributed by atoms with Crippen LogP contribution >= 0.6 is 12.4 Å². The third-order valence-electron chi connectivity index (χ3n) is 5.79. The molecule has 3 aromatic heterocycles. The van der Waals surface area contributed by atoms with Gasteiger partial charge in [0.1, 0.15) is 17.7 Å². The van der Waals surface area contributed by atoms with E-state index in [1.54, 1.807) is 18.2 Å². The van der Waals surface area contributed by atoms with Crippen LogP contribution in [0.1, 0.15) is 33.8 Å². The smallest absolute Gasteiger partial charge is 0.271 e. The summed E-state index contributed by atoms with van der Waals surface area (Å²) in [4.78, 5) is 35.6. The Hall–Kier alpha value is -2.91. The molecule has 2 saturated heterocycles. The van der Waals surface area contributed by atoms with E-state index >= 15 is 0 Å². The lowest BCUT2D eigenvalue weighted by Crippen LogP contribution is -2.34. The molecule has 0 radical (unpaired) electrons. The van der Waals surface area contributed by atoms with E-state index in [9.17, 15) is 9.59 Å². The van der Waals surface area contributed by atoms with Crippen LogP contribution in [0, 0.1) is 5.41 Å². The minimum absolute atomic E-state index is 0. The maximum Gasteiger partial charge on any atom is 0.271 e. The number of primary amides is 1. The number of nitrogens with two attached hydrogens (primary N) is 1. The first-order valence-electron chi connectivity index (χ1n) is 9.28. The minimum Gasteiger partial charge on any atom is -0.463 e. The summed E-state index contributed by atoms with van der Waals surface area (Å²) >= 11 is 0. The van der Waals surface area contributed by atoms with Crippen molar-refractivity contribution in [2.45, 2.75) is 12.8 Å². The Morgan fingerprint density at radius 2 is 2.17 bits per heavy atom. The van der Waals surface area contributed by atoms with Gasteiger partial charge in [-0.3, -0.25) is 14.0 Å².